The van der Waals surface area contributed by atoms with Crippen LogP contribution in [0.15, 0.2) is 0 Å². The molecule has 1 aromatic heterocycles. The maximum Gasteiger partial charge on any atom is 0.317 e. The first-order valence-corrected chi connectivity index (χ1v) is 9.98. The van der Waals surface area contributed by atoms with Crippen LogP contribution in [-0.2, 0) is 17.8 Å². The third-order valence-corrected chi connectivity index (χ3v) is 5.54. The van der Waals surface area contributed by atoms with E-state index < -0.39 is 0 Å². The Kier molecular flexibility index (Phi) is 6.53. The number of aromatic nitrogens is 2. The molecule has 2 amide bonds. The molecule has 1 atom stereocenters. The molecule has 3 heterocycles. The van der Waals surface area contributed by atoms with Gasteiger partial charge < -0.3 is 19.9 Å². The molecule has 2 fully saturated rings. The highest BCUT2D eigenvalue weighted by molar-refractivity contribution is 5.74. The average Bonchev–Trinajstić information content (AvgIpc) is 3.14. The molecular weight excluding hydrogens is 330 g/mol. The molecule has 146 valence electrons. The summed E-state index contributed by atoms with van der Waals surface area (Å²) in [6, 6.07) is 0.00460. The number of ether oxygens (including phenoxy) is 1. The average molecular weight is 364 g/mol. The fourth-order valence-corrected chi connectivity index (χ4v) is 4.02. The molecule has 2 saturated heterocycles. The molecule has 0 aromatic carbocycles. The molecule has 0 aliphatic carbocycles. The van der Waals surface area contributed by atoms with Crippen LogP contribution in [0.3, 0.4) is 0 Å². The minimum Gasteiger partial charge on any atom is -0.375 e. The standard InChI is InChI=1S/C19H33N5O2/c1-4-24-16(3)18(15(2)21-24)12-20-19(25)23-10-7-11-26-17(14-23)13-22-8-5-6-9-22/h17H,4-14H2,1-3H3,(H,20,25). The Bertz CT molecular complexity index is 609. The van der Waals surface area contributed by atoms with E-state index in [4.69, 9.17) is 4.74 Å². The molecule has 0 spiro atoms. The van der Waals surface area contributed by atoms with Crippen LogP contribution in [-0.4, -0.2) is 71.0 Å². The molecule has 0 saturated carbocycles. The van der Waals surface area contributed by atoms with E-state index in [1.807, 2.05) is 16.5 Å². The minimum atomic E-state index is 0.00460. The largest absolute Gasteiger partial charge is 0.375 e. The van der Waals surface area contributed by atoms with E-state index >= 15 is 0 Å². The second kappa shape index (κ2) is 8.86. The Labute approximate surface area is 156 Å². The molecule has 7 heteroatoms. The predicted molar refractivity (Wildman–Crippen MR) is 101 cm³/mol. The van der Waals surface area contributed by atoms with Gasteiger partial charge in [-0.2, -0.15) is 5.10 Å². The lowest BCUT2D eigenvalue weighted by Gasteiger charge is -2.27. The zero-order chi connectivity index (χ0) is 18.5. The van der Waals surface area contributed by atoms with Gasteiger partial charge in [-0.3, -0.25) is 4.68 Å². The summed E-state index contributed by atoms with van der Waals surface area (Å²) in [5, 5.41) is 7.62. The van der Waals surface area contributed by atoms with Gasteiger partial charge in [-0.1, -0.05) is 0 Å². The van der Waals surface area contributed by atoms with Gasteiger partial charge in [0.05, 0.1) is 11.8 Å². The lowest BCUT2D eigenvalue weighted by molar-refractivity contribution is 0.0349. The van der Waals surface area contributed by atoms with Crippen molar-refractivity contribution in [3.8, 4) is 0 Å². The number of aryl methyl sites for hydroxylation is 2. The Morgan fingerprint density at radius 2 is 2.00 bits per heavy atom. The minimum absolute atomic E-state index is 0.00460. The molecule has 0 bridgehead atoms. The van der Waals surface area contributed by atoms with Crippen molar-refractivity contribution in [3.63, 3.8) is 0 Å². The number of nitrogens with zero attached hydrogens (tertiary/aromatic N) is 4. The second-order valence-corrected chi connectivity index (χ2v) is 7.42. The van der Waals surface area contributed by atoms with Crippen molar-refractivity contribution in [2.75, 3.05) is 39.3 Å². The summed E-state index contributed by atoms with van der Waals surface area (Å²) in [5.74, 6) is 0. The molecular formula is C19H33N5O2. The van der Waals surface area contributed by atoms with Gasteiger partial charge in [0.1, 0.15) is 0 Å². The maximum absolute atomic E-state index is 12.7. The van der Waals surface area contributed by atoms with Crippen LogP contribution in [0.2, 0.25) is 0 Å². The van der Waals surface area contributed by atoms with E-state index in [-0.39, 0.29) is 12.1 Å². The Morgan fingerprint density at radius 1 is 1.23 bits per heavy atom. The molecule has 2 aliphatic rings. The van der Waals surface area contributed by atoms with Gasteiger partial charge in [0.15, 0.2) is 0 Å². The number of urea groups is 1. The SMILES string of the molecule is CCn1nc(C)c(CNC(=O)N2CCCOC(CN3CCCC3)C2)c1C. The smallest absolute Gasteiger partial charge is 0.317 e. The Morgan fingerprint density at radius 3 is 2.69 bits per heavy atom. The first kappa shape index (κ1) is 19.2. The first-order chi connectivity index (χ1) is 12.6. The predicted octanol–water partition coefficient (Wildman–Crippen LogP) is 1.92. The highest BCUT2D eigenvalue weighted by atomic mass is 16.5. The van der Waals surface area contributed by atoms with Crippen molar-refractivity contribution in [2.24, 2.45) is 0 Å². The molecule has 0 radical (unpaired) electrons. The number of rotatable bonds is 5. The third kappa shape index (κ3) is 4.57. The number of hydrogen-bond acceptors (Lipinski definition) is 4. The molecule has 2 aliphatic heterocycles. The van der Waals surface area contributed by atoms with E-state index in [0.717, 1.165) is 62.7 Å². The van der Waals surface area contributed by atoms with Crippen LogP contribution in [0, 0.1) is 13.8 Å². The summed E-state index contributed by atoms with van der Waals surface area (Å²) in [6.07, 6.45) is 3.57. The van der Waals surface area contributed by atoms with Crippen LogP contribution in [0.1, 0.15) is 43.1 Å². The summed E-state index contributed by atoms with van der Waals surface area (Å²) >= 11 is 0. The molecule has 1 unspecified atom stereocenters. The zero-order valence-corrected chi connectivity index (χ0v) is 16.5. The molecule has 3 rings (SSSR count). The molecule has 1 aromatic rings. The fourth-order valence-electron chi connectivity index (χ4n) is 4.02. The Balaban J connectivity index is 1.55. The van der Waals surface area contributed by atoms with E-state index in [1.54, 1.807) is 0 Å². The van der Waals surface area contributed by atoms with E-state index in [1.165, 1.54) is 12.8 Å². The normalized spacial score (nSPS) is 21.8. The van der Waals surface area contributed by atoms with Gasteiger partial charge in [-0.15, -0.1) is 0 Å². The van der Waals surface area contributed by atoms with E-state index in [2.05, 4.69) is 29.2 Å². The molecule has 26 heavy (non-hydrogen) atoms. The van der Waals surface area contributed by atoms with Crippen molar-refractivity contribution in [1.29, 1.82) is 0 Å². The monoisotopic (exact) mass is 363 g/mol. The maximum atomic E-state index is 12.7. The van der Waals surface area contributed by atoms with Crippen molar-refractivity contribution in [2.45, 2.75) is 59.2 Å². The number of nitrogens with one attached hydrogen (secondary N) is 1. The first-order valence-electron chi connectivity index (χ1n) is 9.98. The number of likely N-dealkylation sites (tertiary alicyclic amines) is 1. The van der Waals surface area contributed by atoms with Crippen molar-refractivity contribution in [3.05, 3.63) is 17.0 Å². The lowest BCUT2D eigenvalue weighted by atomic mass is 10.2. The van der Waals surface area contributed by atoms with Gasteiger partial charge in [-0.25, -0.2) is 4.79 Å². The summed E-state index contributed by atoms with van der Waals surface area (Å²) in [6.45, 7) is 13.0. The van der Waals surface area contributed by atoms with Crippen LogP contribution < -0.4 is 5.32 Å². The fraction of sp³-hybridized carbons (Fsp3) is 0.789. The summed E-state index contributed by atoms with van der Waals surface area (Å²) in [7, 11) is 0. The highest BCUT2D eigenvalue weighted by Gasteiger charge is 2.25. The van der Waals surface area contributed by atoms with Crippen LogP contribution >= 0.6 is 0 Å². The van der Waals surface area contributed by atoms with Gasteiger partial charge in [-0.05, 0) is 53.1 Å². The second-order valence-electron chi connectivity index (χ2n) is 7.42. The van der Waals surface area contributed by atoms with Gasteiger partial charge in [0.25, 0.3) is 0 Å². The van der Waals surface area contributed by atoms with Crippen LogP contribution in [0.4, 0.5) is 4.79 Å². The van der Waals surface area contributed by atoms with Crippen molar-refractivity contribution >= 4 is 6.03 Å². The number of hydrogen-bond donors (Lipinski definition) is 1. The quantitative estimate of drug-likeness (QED) is 0.868. The highest BCUT2D eigenvalue weighted by Crippen LogP contribution is 2.15. The zero-order valence-electron chi connectivity index (χ0n) is 16.5. The number of carbonyl (C=O) groups is 1. The number of carbonyl (C=O) groups excluding carboxylic acids is 1. The Hall–Kier alpha value is -1.60. The van der Waals surface area contributed by atoms with Crippen LogP contribution in [0.5, 0.6) is 0 Å². The summed E-state index contributed by atoms with van der Waals surface area (Å²) in [4.78, 5) is 17.1. The lowest BCUT2D eigenvalue weighted by Crippen LogP contribution is -2.45. The van der Waals surface area contributed by atoms with Crippen molar-refractivity contribution in [1.82, 2.24) is 24.9 Å². The molecule has 1 N–H and O–H groups in total. The topological polar surface area (TPSA) is 62.6 Å². The molecule has 7 nitrogen and oxygen atoms in total. The summed E-state index contributed by atoms with van der Waals surface area (Å²) < 4.78 is 7.98. The summed E-state index contributed by atoms with van der Waals surface area (Å²) in [5.41, 5.74) is 3.26. The van der Waals surface area contributed by atoms with E-state index in [0.29, 0.717) is 13.1 Å². The third-order valence-electron chi connectivity index (χ3n) is 5.54. The van der Waals surface area contributed by atoms with Gasteiger partial charge >= 0.3 is 6.03 Å². The van der Waals surface area contributed by atoms with Crippen LogP contribution in [0.25, 0.3) is 0 Å². The van der Waals surface area contributed by atoms with Gasteiger partial charge in [0.2, 0.25) is 0 Å². The van der Waals surface area contributed by atoms with E-state index in [9.17, 15) is 4.79 Å². The van der Waals surface area contributed by atoms with Gasteiger partial charge in [0, 0.05) is 50.6 Å². The van der Waals surface area contributed by atoms with Crippen molar-refractivity contribution < 1.29 is 9.53 Å². The number of amides is 2.